The molecule has 0 saturated carbocycles. The summed E-state index contributed by atoms with van der Waals surface area (Å²) in [5, 5.41) is 3.48. The number of piperidine rings is 1. The number of aromatic amines is 1. The Hall–Kier alpha value is -3.49. The van der Waals surface area contributed by atoms with Crippen molar-refractivity contribution in [3.63, 3.8) is 0 Å². The van der Waals surface area contributed by atoms with Crippen LogP contribution in [0.1, 0.15) is 44.6 Å². The van der Waals surface area contributed by atoms with E-state index in [0.29, 0.717) is 17.5 Å². The summed E-state index contributed by atoms with van der Waals surface area (Å²) in [7, 11) is 0. The van der Waals surface area contributed by atoms with Crippen LogP contribution in [0.3, 0.4) is 0 Å². The number of likely N-dealkylation sites (tertiary alicyclic amines) is 1. The number of nitrogens with zero attached hydrogens (tertiary/aromatic N) is 6. The van der Waals surface area contributed by atoms with Crippen molar-refractivity contribution in [1.82, 2.24) is 34.4 Å². The van der Waals surface area contributed by atoms with Crippen molar-refractivity contribution >= 4 is 33.9 Å². The molecule has 4 aromatic rings. The Morgan fingerprint density at radius 3 is 2.80 bits per heavy atom. The van der Waals surface area contributed by atoms with Crippen molar-refractivity contribution in [2.75, 3.05) is 18.4 Å². The van der Waals surface area contributed by atoms with Gasteiger partial charge >= 0.3 is 0 Å². The number of imidazole rings is 2. The Balaban J connectivity index is 1.50. The topological polar surface area (TPSA) is 105 Å². The van der Waals surface area contributed by atoms with E-state index < -0.39 is 0 Å². The van der Waals surface area contributed by atoms with Crippen molar-refractivity contribution in [2.24, 2.45) is 0 Å². The van der Waals surface area contributed by atoms with E-state index in [1.165, 1.54) is 6.33 Å². The van der Waals surface area contributed by atoms with Crippen molar-refractivity contribution in [3.05, 3.63) is 42.7 Å². The molecule has 1 atom stereocenters. The highest BCUT2D eigenvalue weighted by atomic mass is 16.2. The number of carbonyl (C=O) groups excluding carboxylic acids is 1. The van der Waals surface area contributed by atoms with E-state index in [-0.39, 0.29) is 11.9 Å². The minimum absolute atomic E-state index is 0.0790. The first kappa shape index (κ1) is 18.5. The molecule has 0 radical (unpaired) electrons. The number of para-hydroxylation sites is 2. The molecule has 1 aliphatic heterocycles. The fraction of sp³-hybridized carbons (Fsp3) is 0.381. The molecule has 4 heterocycles. The number of hydrogen-bond acceptors (Lipinski definition) is 6. The molecular formula is C21H24N8O. The molecule has 9 heteroatoms. The van der Waals surface area contributed by atoms with Crippen molar-refractivity contribution in [2.45, 2.75) is 38.8 Å². The van der Waals surface area contributed by atoms with Gasteiger partial charge in [0.05, 0.1) is 23.4 Å². The van der Waals surface area contributed by atoms with Crippen LogP contribution < -0.4 is 5.32 Å². The summed E-state index contributed by atoms with van der Waals surface area (Å²) in [4.78, 5) is 34.5. The van der Waals surface area contributed by atoms with Crippen LogP contribution in [0, 0.1) is 0 Å². The van der Waals surface area contributed by atoms with Gasteiger partial charge in [-0.1, -0.05) is 12.1 Å². The monoisotopic (exact) mass is 404 g/mol. The molecule has 0 unspecified atom stereocenters. The quantitative estimate of drug-likeness (QED) is 0.542. The molecule has 0 bridgehead atoms. The lowest BCUT2D eigenvalue weighted by Gasteiger charge is -2.33. The predicted molar refractivity (Wildman–Crippen MR) is 114 cm³/mol. The Morgan fingerprint density at radius 1 is 1.20 bits per heavy atom. The van der Waals surface area contributed by atoms with E-state index in [9.17, 15) is 4.79 Å². The van der Waals surface area contributed by atoms with Gasteiger partial charge in [0.2, 0.25) is 5.91 Å². The van der Waals surface area contributed by atoms with Gasteiger partial charge in [-0.15, -0.1) is 0 Å². The van der Waals surface area contributed by atoms with Crippen LogP contribution in [0.4, 0.5) is 5.82 Å². The molecular weight excluding hydrogens is 380 g/mol. The van der Waals surface area contributed by atoms with E-state index >= 15 is 0 Å². The minimum Gasteiger partial charge on any atom is -0.358 e. The smallest absolute Gasteiger partial charge is 0.219 e. The molecule has 154 valence electrons. The van der Waals surface area contributed by atoms with Gasteiger partial charge in [-0.25, -0.2) is 19.9 Å². The lowest BCUT2D eigenvalue weighted by atomic mass is 10.0. The molecule has 2 N–H and O–H groups in total. The van der Waals surface area contributed by atoms with Crippen molar-refractivity contribution in [3.8, 4) is 0 Å². The number of nitrogens with one attached hydrogen (secondary N) is 2. The highest BCUT2D eigenvalue weighted by Crippen LogP contribution is 2.32. The average Bonchev–Trinajstić information content (AvgIpc) is 3.39. The number of fused-ring (bicyclic) bond motifs is 2. The number of carbonyl (C=O) groups is 1. The summed E-state index contributed by atoms with van der Waals surface area (Å²) in [6.07, 6.45) is 4.96. The molecule has 1 fully saturated rings. The van der Waals surface area contributed by atoms with E-state index in [1.54, 1.807) is 13.3 Å². The highest BCUT2D eigenvalue weighted by molar-refractivity contribution is 5.82. The first-order valence-corrected chi connectivity index (χ1v) is 10.2. The molecule has 1 aliphatic rings. The number of benzene rings is 1. The first-order chi connectivity index (χ1) is 14.6. The molecule has 1 aromatic carbocycles. The minimum atomic E-state index is -0.0790. The summed E-state index contributed by atoms with van der Waals surface area (Å²) in [5.41, 5.74) is 3.51. The zero-order valence-corrected chi connectivity index (χ0v) is 17.0. The summed E-state index contributed by atoms with van der Waals surface area (Å²) < 4.78 is 2.34. The van der Waals surface area contributed by atoms with Gasteiger partial charge in [-0.3, -0.25) is 4.79 Å². The fourth-order valence-electron chi connectivity index (χ4n) is 4.34. The maximum atomic E-state index is 11.7. The maximum Gasteiger partial charge on any atom is 0.219 e. The number of anilines is 1. The van der Waals surface area contributed by atoms with Crippen LogP contribution >= 0.6 is 0 Å². The molecule has 9 nitrogen and oxygen atoms in total. The predicted octanol–water partition coefficient (Wildman–Crippen LogP) is 3.06. The van der Waals surface area contributed by atoms with Crippen LogP contribution in [-0.4, -0.2) is 53.4 Å². The van der Waals surface area contributed by atoms with Crippen LogP contribution in [-0.2, 0) is 4.79 Å². The number of hydrogen-bond donors (Lipinski definition) is 2. The third-order valence-electron chi connectivity index (χ3n) is 5.86. The van der Waals surface area contributed by atoms with E-state index in [2.05, 4.69) is 42.8 Å². The third kappa shape index (κ3) is 3.16. The maximum absolute atomic E-state index is 11.7. The molecule has 0 aliphatic carbocycles. The Morgan fingerprint density at radius 2 is 2.00 bits per heavy atom. The van der Waals surface area contributed by atoms with Crippen molar-refractivity contribution in [1.29, 1.82) is 0 Å². The summed E-state index contributed by atoms with van der Waals surface area (Å²) in [6, 6.07) is 8.44. The standard InChI is InChI=1S/C21H24N8O/c1-13(26-20-18-19(23-11-22-18)24-12-25-20)21-27-16-5-3-4-6-17(16)29(21)15-7-9-28(10-8-15)14(2)30/h3-6,11-13,15H,7-10H2,1-2H3,(H2,22,23,24,25,26)/t13-/m0/s1. The first-order valence-electron chi connectivity index (χ1n) is 10.2. The van der Waals surface area contributed by atoms with Crippen LogP contribution in [0.2, 0.25) is 0 Å². The van der Waals surface area contributed by atoms with Gasteiger partial charge in [0.1, 0.15) is 17.7 Å². The highest BCUT2D eigenvalue weighted by Gasteiger charge is 2.27. The number of amides is 1. The summed E-state index contributed by atoms with van der Waals surface area (Å²) in [6.45, 7) is 5.28. The normalized spacial score (nSPS) is 16.3. The van der Waals surface area contributed by atoms with Crippen LogP contribution in [0.5, 0.6) is 0 Å². The van der Waals surface area contributed by atoms with E-state index in [4.69, 9.17) is 4.98 Å². The lowest BCUT2D eigenvalue weighted by molar-refractivity contribution is -0.130. The average molecular weight is 404 g/mol. The van der Waals surface area contributed by atoms with Gasteiger partial charge in [0, 0.05) is 26.1 Å². The number of aromatic nitrogens is 6. The Bertz CT molecular complexity index is 1200. The zero-order valence-electron chi connectivity index (χ0n) is 17.0. The second-order valence-corrected chi connectivity index (χ2v) is 7.76. The fourth-order valence-corrected chi connectivity index (χ4v) is 4.34. The lowest BCUT2D eigenvalue weighted by Crippen LogP contribution is -2.38. The van der Waals surface area contributed by atoms with E-state index in [0.717, 1.165) is 48.3 Å². The van der Waals surface area contributed by atoms with E-state index in [1.807, 2.05) is 23.1 Å². The van der Waals surface area contributed by atoms with Gasteiger partial charge in [0.25, 0.3) is 0 Å². The number of rotatable bonds is 4. The van der Waals surface area contributed by atoms with Crippen molar-refractivity contribution < 1.29 is 4.79 Å². The zero-order chi connectivity index (χ0) is 20.7. The molecule has 30 heavy (non-hydrogen) atoms. The molecule has 1 amide bonds. The van der Waals surface area contributed by atoms with Gasteiger partial charge in [0.15, 0.2) is 11.5 Å². The summed E-state index contributed by atoms with van der Waals surface area (Å²) >= 11 is 0. The SMILES string of the molecule is CC(=O)N1CCC(n2c([C@H](C)Nc3ncnc4nc[nH]c34)nc3ccccc32)CC1. The van der Waals surface area contributed by atoms with Gasteiger partial charge < -0.3 is 19.8 Å². The van der Waals surface area contributed by atoms with Crippen LogP contribution in [0.25, 0.3) is 22.2 Å². The summed E-state index contributed by atoms with van der Waals surface area (Å²) in [5.74, 6) is 1.81. The molecule has 0 spiro atoms. The third-order valence-corrected chi connectivity index (χ3v) is 5.86. The molecule has 5 rings (SSSR count). The second-order valence-electron chi connectivity index (χ2n) is 7.76. The Labute approximate surface area is 173 Å². The van der Waals surface area contributed by atoms with Crippen LogP contribution in [0.15, 0.2) is 36.9 Å². The van der Waals surface area contributed by atoms with Gasteiger partial charge in [-0.2, -0.15) is 0 Å². The van der Waals surface area contributed by atoms with Gasteiger partial charge in [-0.05, 0) is 31.9 Å². The Kier molecular flexibility index (Phi) is 4.57. The molecule has 1 saturated heterocycles. The second kappa shape index (κ2) is 7.40. The largest absolute Gasteiger partial charge is 0.358 e. The number of H-pyrrole nitrogens is 1. The molecule has 3 aromatic heterocycles.